The second-order valence-corrected chi connectivity index (χ2v) is 5.64. The molecule has 2 aromatic rings. The van der Waals surface area contributed by atoms with Gasteiger partial charge < -0.3 is 0 Å². The second kappa shape index (κ2) is 5.80. The number of halogens is 2. The molecule has 0 saturated carbocycles. The van der Waals surface area contributed by atoms with Gasteiger partial charge in [-0.2, -0.15) is 0 Å². The molecule has 0 spiro atoms. The average Bonchev–Trinajstić information content (AvgIpc) is 2.49. The molecule has 2 aromatic carbocycles. The molecule has 3 rings (SSSR count). The SMILES string of the molecule is C/C=C/c1ccc(C2CCc3cc(F)c(F)cc3C2)cc1. The van der Waals surface area contributed by atoms with Crippen LogP contribution in [0.15, 0.2) is 42.5 Å². The van der Waals surface area contributed by atoms with Crippen LogP contribution in [0, 0.1) is 11.6 Å². The molecular weight excluding hydrogens is 266 g/mol. The highest BCUT2D eigenvalue weighted by molar-refractivity contribution is 5.49. The van der Waals surface area contributed by atoms with Gasteiger partial charge in [0.15, 0.2) is 11.6 Å². The van der Waals surface area contributed by atoms with Gasteiger partial charge >= 0.3 is 0 Å². The number of fused-ring (bicyclic) bond motifs is 1. The zero-order valence-electron chi connectivity index (χ0n) is 12.1. The first kappa shape index (κ1) is 14.0. The Kier molecular flexibility index (Phi) is 3.87. The molecule has 0 N–H and O–H groups in total. The molecule has 0 saturated heterocycles. The van der Waals surface area contributed by atoms with E-state index in [4.69, 9.17) is 0 Å². The Labute approximate surface area is 124 Å². The van der Waals surface area contributed by atoms with Gasteiger partial charge in [-0.3, -0.25) is 0 Å². The lowest BCUT2D eigenvalue weighted by molar-refractivity contribution is 0.496. The molecule has 1 aliphatic carbocycles. The van der Waals surface area contributed by atoms with Gasteiger partial charge in [0.25, 0.3) is 0 Å². The summed E-state index contributed by atoms with van der Waals surface area (Å²) in [4.78, 5) is 0. The number of benzene rings is 2. The van der Waals surface area contributed by atoms with Gasteiger partial charge in [-0.25, -0.2) is 8.78 Å². The average molecular weight is 284 g/mol. The lowest BCUT2D eigenvalue weighted by Crippen LogP contribution is -2.13. The quantitative estimate of drug-likeness (QED) is 0.704. The maximum atomic E-state index is 13.4. The van der Waals surface area contributed by atoms with Gasteiger partial charge in [-0.05, 0) is 66.5 Å². The molecule has 0 nitrogen and oxygen atoms in total. The molecule has 1 unspecified atom stereocenters. The summed E-state index contributed by atoms with van der Waals surface area (Å²) in [6, 6.07) is 11.2. The molecule has 0 heterocycles. The predicted octanol–water partition coefficient (Wildman–Crippen LogP) is 5.27. The van der Waals surface area contributed by atoms with E-state index < -0.39 is 11.6 Å². The summed E-state index contributed by atoms with van der Waals surface area (Å²) < 4.78 is 26.7. The van der Waals surface area contributed by atoms with Crippen LogP contribution in [0.4, 0.5) is 8.78 Å². The van der Waals surface area contributed by atoms with Crippen molar-refractivity contribution in [1.82, 2.24) is 0 Å². The number of rotatable bonds is 2. The largest absolute Gasteiger partial charge is 0.204 e. The summed E-state index contributed by atoms with van der Waals surface area (Å²) in [6.07, 6.45) is 6.67. The zero-order valence-corrected chi connectivity index (χ0v) is 12.1. The maximum absolute atomic E-state index is 13.4. The monoisotopic (exact) mass is 284 g/mol. The third-order valence-electron chi connectivity index (χ3n) is 4.24. The second-order valence-electron chi connectivity index (χ2n) is 5.64. The van der Waals surface area contributed by atoms with Crippen LogP contribution < -0.4 is 0 Å². The highest BCUT2D eigenvalue weighted by Gasteiger charge is 2.21. The van der Waals surface area contributed by atoms with E-state index in [2.05, 4.69) is 30.3 Å². The van der Waals surface area contributed by atoms with Crippen molar-refractivity contribution < 1.29 is 8.78 Å². The van der Waals surface area contributed by atoms with Crippen molar-refractivity contribution in [3.63, 3.8) is 0 Å². The number of hydrogen-bond acceptors (Lipinski definition) is 0. The first-order valence-corrected chi connectivity index (χ1v) is 7.37. The first-order valence-electron chi connectivity index (χ1n) is 7.37. The highest BCUT2D eigenvalue weighted by atomic mass is 19.2. The van der Waals surface area contributed by atoms with Crippen LogP contribution in [0.2, 0.25) is 0 Å². The van der Waals surface area contributed by atoms with Gasteiger partial charge in [0.1, 0.15) is 0 Å². The predicted molar refractivity (Wildman–Crippen MR) is 82.3 cm³/mol. The number of hydrogen-bond donors (Lipinski definition) is 0. The molecule has 0 bridgehead atoms. The third kappa shape index (κ3) is 2.90. The summed E-state index contributed by atoms with van der Waals surface area (Å²) in [6.45, 7) is 2.00. The maximum Gasteiger partial charge on any atom is 0.159 e. The fourth-order valence-electron chi connectivity index (χ4n) is 3.11. The minimum atomic E-state index is -0.738. The van der Waals surface area contributed by atoms with E-state index >= 15 is 0 Å². The molecule has 0 aliphatic heterocycles. The van der Waals surface area contributed by atoms with E-state index in [1.54, 1.807) is 0 Å². The molecule has 2 heteroatoms. The van der Waals surface area contributed by atoms with E-state index in [0.29, 0.717) is 5.92 Å². The fourth-order valence-corrected chi connectivity index (χ4v) is 3.11. The van der Waals surface area contributed by atoms with Crippen molar-refractivity contribution in [3.8, 4) is 0 Å². The normalized spacial score (nSPS) is 18.0. The minimum Gasteiger partial charge on any atom is -0.204 e. The van der Waals surface area contributed by atoms with E-state index in [1.807, 2.05) is 13.0 Å². The topological polar surface area (TPSA) is 0 Å². The van der Waals surface area contributed by atoms with Crippen molar-refractivity contribution in [2.75, 3.05) is 0 Å². The van der Waals surface area contributed by atoms with Gasteiger partial charge in [0.2, 0.25) is 0 Å². The van der Waals surface area contributed by atoms with Gasteiger partial charge in [0, 0.05) is 0 Å². The lowest BCUT2D eigenvalue weighted by Gasteiger charge is -2.25. The Hall–Kier alpha value is -1.96. The van der Waals surface area contributed by atoms with E-state index in [9.17, 15) is 8.78 Å². The standard InChI is InChI=1S/C19H18F2/c1-2-3-13-4-6-14(7-5-13)15-8-9-16-11-18(20)19(21)12-17(16)10-15/h2-7,11-12,15H,8-10H2,1H3/b3-2+. The molecule has 0 amide bonds. The minimum absolute atomic E-state index is 0.391. The van der Waals surface area contributed by atoms with Crippen molar-refractivity contribution >= 4 is 6.08 Å². The van der Waals surface area contributed by atoms with Gasteiger partial charge in [0.05, 0.1) is 0 Å². The van der Waals surface area contributed by atoms with Crippen molar-refractivity contribution in [3.05, 3.63) is 76.4 Å². The summed E-state index contributed by atoms with van der Waals surface area (Å²) in [5.41, 5.74) is 4.36. The Morgan fingerprint density at radius 3 is 2.33 bits per heavy atom. The molecular formula is C19H18F2. The Morgan fingerprint density at radius 2 is 1.67 bits per heavy atom. The van der Waals surface area contributed by atoms with E-state index in [-0.39, 0.29) is 0 Å². The van der Waals surface area contributed by atoms with Crippen molar-refractivity contribution in [2.45, 2.75) is 32.1 Å². The third-order valence-corrected chi connectivity index (χ3v) is 4.24. The summed E-state index contributed by atoms with van der Waals surface area (Å²) in [5, 5.41) is 0. The first-order chi connectivity index (χ1) is 10.2. The molecule has 108 valence electrons. The van der Waals surface area contributed by atoms with Crippen LogP contribution in [0.5, 0.6) is 0 Å². The van der Waals surface area contributed by atoms with Crippen LogP contribution in [-0.2, 0) is 12.8 Å². The molecule has 0 aromatic heterocycles. The summed E-state index contributed by atoms with van der Waals surface area (Å²) >= 11 is 0. The van der Waals surface area contributed by atoms with Crippen molar-refractivity contribution in [2.24, 2.45) is 0 Å². The molecule has 1 atom stereocenters. The lowest BCUT2D eigenvalue weighted by atomic mass is 9.80. The summed E-state index contributed by atoms with van der Waals surface area (Å²) in [7, 11) is 0. The molecule has 1 aliphatic rings. The van der Waals surface area contributed by atoms with E-state index in [1.165, 1.54) is 23.3 Å². The Bertz CT molecular complexity index is 669. The van der Waals surface area contributed by atoms with E-state index in [0.717, 1.165) is 30.4 Å². The Balaban J connectivity index is 1.83. The highest BCUT2D eigenvalue weighted by Crippen LogP contribution is 2.33. The fraction of sp³-hybridized carbons (Fsp3) is 0.263. The molecule has 21 heavy (non-hydrogen) atoms. The Morgan fingerprint density at radius 1 is 1.00 bits per heavy atom. The van der Waals surface area contributed by atoms with Crippen molar-refractivity contribution in [1.29, 1.82) is 0 Å². The smallest absolute Gasteiger partial charge is 0.159 e. The van der Waals surface area contributed by atoms with Crippen LogP contribution in [0.25, 0.3) is 6.08 Å². The van der Waals surface area contributed by atoms with Gasteiger partial charge in [-0.1, -0.05) is 36.4 Å². The van der Waals surface area contributed by atoms with Crippen LogP contribution in [0.1, 0.15) is 41.5 Å². The molecule has 0 radical (unpaired) electrons. The number of allylic oxidation sites excluding steroid dienone is 1. The van der Waals surface area contributed by atoms with Crippen LogP contribution in [0.3, 0.4) is 0 Å². The molecule has 0 fully saturated rings. The number of aryl methyl sites for hydroxylation is 1. The summed E-state index contributed by atoms with van der Waals surface area (Å²) in [5.74, 6) is -1.08. The van der Waals surface area contributed by atoms with Crippen LogP contribution >= 0.6 is 0 Å². The zero-order chi connectivity index (χ0) is 14.8. The van der Waals surface area contributed by atoms with Crippen LogP contribution in [-0.4, -0.2) is 0 Å². The van der Waals surface area contributed by atoms with Gasteiger partial charge in [-0.15, -0.1) is 0 Å².